The summed E-state index contributed by atoms with van der Waals surface area (Å²) in [7, 11) is -3.48. The Hall–Kier alpha value is -0.920. The molecule has 1 aromatic heterocycles. The fourth-order valence-corrected chi connectivity index (χ4v) is 4.14. The number of hydrogen-bond acceptors (Lipinski definition) is 4. The molecule has 0 spiro atoms. The van der Waals surface area contributed by atoms with Crippen LogP contribution in [0, 0.1) is 6.92 Å². The lowest BCUT2D eigenvalue weighted by molar-refractivity contribution is 0.262. The van der Waals surface area contributed by atoms with Crippen molar-refractivity contribution < 1.29 is 8.42 Å². The van der Waals surface area contributed by atoms with Gasteiger partial charge >= 0.3 is 0 Å². The molecule has 0 saturated carbocycles. The minimum Gasteiger partial charge on any atom is -0.334 e. The highest BCUT2D eigenvalue weighted by Crippen LogP contribution is 2.18. The van der Waals surface area contributed by atoms with E-state index in [0.717, 1.165) is 12.4 Å². The van der Waals surface area contributed by atoms with Gasteiger partial charge in [-0.3, -0.25) is 0 Å². The van der Waals surface area contributed by atoms with Gasteiger partial charge in [0.15, 0.2) is 5.03 Å². The van der Waals surface area contributed by atoms with E-state index in [1.54, 1.807) is 6.20 Å². The lowest BCUT2D eigenvalue weighted by Gasteiger charge is -2.34. The van der Waals surface area contributed by atoms with E-state index in [-0.39, 0.29) is 17.1 Å². The molecule has 108 valence electrons. The third-order valence-corrected chi connectivity index (χ3v) is 5.13. The number of imidazole rings is 1. The van der Waals surface area contributed by atoms with Gasteiger partial charge in [-0.25, -0.2) is 13.4 Å². The molecule has 1 N–H and O–H groups in total. The van der Waals surface area contributed by atoms with E-state index in [0.29, 0.717) is 13.1 Å². The van der Waals surface area contributed by atoms with E-state index in [1.807, 2.05) is 32.3 Å². The molecule has 0 aromatic carbocycles. The maximum absolute atomic E-state index is 12.6. The van der Waals surface area contributed by atoms with Gasteiger partial charge in [0.2, 0.25) is 0 Å². The summed E-state index contributed by atoms with van der Waals surface area (Å²) >= 11 is 0. The van der Waals surface area contributed by atoms with Gasteiger partial charge in [-0.1, -0.05) is 0 Å². The van der Waals surface area contributed by atoms with Gasteiger partial charge in [0.25, 0.3) is 10.0 Å². The van der Waals surface area contributed by atoms with E-state index >= 15 is 0 Å². The Morgan fingerprint density at radius 2 is 1.95 bits per heavy atom. The van der Waals surface area contributed by atoms with Gasteiger partial charge in [-0.05, 0) is 27.7 Å². The minimum atomic E-state index is -3.48. The number of aromatic nitrogens is 2. The van der Waals surface area contributed by atoms with Crippen LogP contribution in [0.3, 0.4) is 0 Å². The molecule has 7 heteroatoms. The molecule has 0 aliphatic carbocycles. The van der Waals surface area contributed by atoms with Crippen molar-refractivity contribution in [3.8, 4) is 0 Å². The maximum Gasteiger partial charge on any atom is 0.262 e. The molecule has 1 saturated heterocycles. The number of nitrogens with zero attached hydrogens (tertiary/aromatic N) is 3. The molecule has 19 heavy (non-hydrogen) atoms. The number of hydrogen-bond donors (Lipinski definition) is 1. The number of nitrogens with one attached hydrogen (secondary N) is 1. The summed E-state index contributed by atoms with van der Waals surface area (Å²) in [5, 5.41) is 3.49. The lowest BCUT2D eigenvalue weighted by Crippen LogP contribution is -2.55. The summed E-state index contributed by atoms with van der Waals surface area (Å²) in [5.74, 6) is 0.734. The van der Waals surface area contributed by atoms with Crippen molar-refractivity contribution in [2.75, 3.05) is 13.1 Å². The second-order valence-electron chi connectivity index (χ2n) is 5.20. The summed E-state index contributed by atoms with van der Waals surface area (Å²) in [4.78, 5) is 4.19. The monoisotopic (exact) mass is 286 g/mol. The van der Waals surface area contributed by atoms with Crippen LogP contribution >= 0.6 is 0 Å². The standard InChI is InChI=1S/C12H22N4O2S/c1-5-15-8-12(14-11(15)4)19(17,18)16-6-9(2)13-10(3)7-16/h8-10,13H,5-7H2,1-4H3. The molecule has 1 fully saturated rings. The molecule has 1 aliphatic rings. The van der Waals surface area contributed by atoms with Crippen LogP contribution in [0.5, 0.6) is 0 Å². The Kier molecular flexibility index (Phi) is 3.98. The number of sulfonamides is 1. The first kappa shape index (κ1) is 14.5. The first-order chi connectivity index (χ1) is 8.84. The van der Waals surface area contributed by atoms with Gasteiger partial charge in [0.05, 0.1) is 0 Å². The van der Waals surface area contributed by atoms with Crippen LogP contribution in [0.2, 0.25) is 0 Å². The molecule has 1 aromatic rings. The average Bonchev–Trinajstić information content (AvgIpc) is 2.70. The smallest absolute Gasteiger partial charge is 0.262 e. The quantitative estimate of drug-likeness (QED) is 0.883. The molecule has 0 bridgehead atoms. The SMILES string of the molecule is CCn1cc(S(=O)(=O)N2CC(C)NC(C)C2)nc1C. The molecule has 6 nitrogen and oxygen atoms in total. The van der Waals surface area contributed by atoms with E-state index in [9.17, 15) is 8.42 Å². The van der Waals surface area contributed by atoms with Crippen LogP contribution in [-0.4, -0.2) is 47.4 Å². The van der Waals surface area contributed by atoms with Crippen LogP contribution in [0.15, 0.2) is 11.2 Å². The Bertz CT molecular complexity index is 542. The molecule has 2 heterocycles. The third kappa shape index (κ3) is 2.82. The zero-order chi connectivity index (χ0) is 14.2. The van der Waals surface area contributed by atoms with Gasteiger partial charge in [-0.15, -0.1) is 0 Å². The van der Waals surface area contributed by atoms with Crippen molar-refractivity contribution in [3.63, 3.8) is 0 Å². The summed E-state index contributed by atoms with van der Waals surface area (Å²) in [6, 6.07) is 0.320. The van der Waals surface area contributed by atoms with E-state index in [1.165, 1.54) is 4.31 Å². The first-order valence-corrected chi connectivity index (χ1v) is 8.08. The molecule has 2 unspecified atom stereocenters. The second kappa shape index (κ2) is 5.22. The van der Waals surface area contributed by atoms with Crippen molar-refractivity contribution in [2.24, 2.45) is 0 Å². The van der Waals surface area contributed by atoms with Gasteiger partial charge in [-0.2, -0.15) is 4.31 Å². The normalized spacial score (nSPS) is 25.7. The van der Waals surface area contributed by atoms with Crippen molar-refractivity contribution in [2.45, 2.75) is 51.3 Å². The number of piperazine rings is 1. The van der Waals surface area contributed by atoms with E-state index in [2.05, 4.69) is 10.3 Å². The molecular formula is C12H22N4O2S. The van der Waals surface area contributed by atoms with Crippen molar-refractivity contribution in [1.29, 1.82) is 0 Å². The largest absolute Gasteiger partial charge is 0.334 e. The highest BCUT2D eigenvalue weighted by Gasteiger charge is 2.33. The highest BCUT2D eigenvalue weighted by atomic mass is 32.2. The topological polar surface area (TPSA) is 67.2 Å². The zero-order valence-corrected chi connectivity index (χ0v) is 12.7. The van der Waals surface area contributed by atoms with Gasteiger partial charge < -0.3 is 9.88 Å². The minimum absolute atomic E-state index is 0.160. The molecule has 1 aliphatic heterocycles. The predicted molar refractivity (Wildman–Crippen MR) is 73.5 cm³/mol. The van der Waals surface area contributed by atoms with E-state index < -0.39 is 10.0 Å². The Balaban J connectivity index is 2.30. The lowest BCUT2D eigenvalue weighted by atomic mass is 10.2. The average molecular weight is 286 g/mol. The van der Waals surface area contributed by atoms with Crippen LogP contribution in [0.4, 0.5) is 0 Å². The molecule has 0 amide bonds. The maximum atomic E-state index is 12.6. The molecular weight excluding hydrogens is 264 g/mol. The summed E-state index contributed by atoms with van der Waals surface area (Å²) < 4.78 is 28.5. The van der Waals surface area contributed by atoms with Crippen molar-refractivity contribution in [1.82, 2.24) is 19.2 Å². The van der Waals surface area contributed by atoms with Crippen molar-refractivity contribution in [3.05, 3.63) is 12.0 Å². The van der Waals surface area contributed by atoms with Crippen LogP contribution in [0.1, 0.15) is 26.6 Å². The summed E-state index contributed by atoms with van der Waals surface area (Å²) in [6.07, 6.45) is 1.63. The van der Waals surface area contributed by atoms with E-state index in [4.69, 9.17) is 0 Å². The second-order valence-corrected chi connectivity index (χ2v) is 7.09. The Morgan fingerprint density at radius 3 is 2.42 bits per heavy atom. The summed E-state index contributed by atoms with van der Waals surface area (Å²) in [6.45, 7) is 9.49. The Labute approximate surface area is 114 Å². The van der Waals surface area contributed by atoms with Gasteiger partial charge in [0, 0.05) is 37.9 Å². The number of rotatable bonds is 3. The third-order valence-electron chi connectivity index (χ3n) is 3.42. The molecule has 2 atom stereocenters. The Morgan fingerprint density at radius 1 is 1.37 bits per heavy atom. The molecule has 2 rings (SSSR count). The zero-order valence-electron chi connectivity index (χ0n) is 11.9. The number of aryl methyl sites for hydroxylation is 2. The van der Waals surface area contributed by atoms with Crippen LogP contribution in [-0.2, 0) is 16.6 Å². The summed E-state index contributed by atoms with van der Waals surface area (Å²) in [5.41, 5.74) is 0. The predicted octanol–water partition coefficient (Wildman–Crippen LogP) is 0.582. The van der Waals surface area contributed by atoms with Gasteiger partial charge in [0.1, 0.15) is 5.82 Å². The van der Waals surface area contributed by atoms with Crippen molar-refractivity contribution >= 4 is 10.0 Å². The fourth-order valence-electron chi connectivity index (χ4n) is 2.53. The first-order valence-electron chi connectivity index (χ1n) is 6.64. The fraction of sp³-hybridized carbons (Fsp3) is 0.750. The van der Waals surface area contributed by atoms with Crippen LogP contribution < -0.4 is 5.32 Å². The highest BCUT2D eigenvalue weighted by molar-refractivity contribution is 7.89. The molecule has 0 radical (unpaired) electrons. The van der Waals surface area contributed by atoms with Crippen LogP contribution in [0.25, 0.3) is 0 Å².